The van der Waals surface area contributed by atoms with E-state index in [0.717, 1.165) is 18.4 Å². The Morgan fingerprint density at radius 3 is 2.33 bits per heavy atom. The second-order valence-corrected chi connectivity index (χ2v) is 9.36. The number of ether oxygens (including phenoxy) is 1. The first kappa shape index (κ1) is 16.6. The SMILES string of the molecule is CC(C)O[Si](CN)(OC(C)(C)C1COC1)c1ccccc1. The maximum atomic E-state index is 6.59. The third-order valence-electron chi connectivity index (χ3n) is 3.96. The van der Waals surface area contributed by atoms with Gasteiger partial charge in [-0.3, -0.25) is 0 Å². The lowest BCUT2D eigenvalue weighted by Crippen LogP contribution is -2.66. The fraction of sp³-hybridized carbons (Fsp3) is 0.625. The molecule has 2 N–H and O–H groups in total. The Labute approximate surface area is 128 Å². The lowest BCUT2D eigenvalue weighted by atomic mass is 9.90. The van der Waals surface area contributed by atoms with E-state index in [1.54, 1.807) is 0 Å². The summed E-state index contributed by atoms with van der Waals surface area (Å²) in [5.41, 5.74) is 5.84. The van der Waals surface area contributed by atoms with Gasteiger partial charge in [0.15, 0.2) is 0 Å². The van der Waals surface area contributed by atoms with Gasteiger partial charge in [0, 0.05) is 18.2 Å². The van der Waals surface area contributed by atoms with Gasteiger partial charge in [0.1, 0.15) is 0 Å². The van der Waals surface area contributed by atoms with Crippen LogP contribution in [0.25, 0.3) is 0 Å². The van der Waals surface area contributed by atoms with Crippen molar-refractivity contribution >= 4 is 13.7 Å². The molecule has 1 saturated heterocycles. The minimum absolute atomic E-state index is 0.0777. The molecule has 1 heterocycles. The van der Waals surface area contributed by atoms with Crippen LogP contribution in [0.3, 0.4) is 0 Å². The molecule has 1 aromatic carbocycles. The molecule has 1 aliphatic rings. The zero-order valence-electron chi connectivity index (χ0n) is 13.5. The van der Waals surface area contributed by atoms with Gasteiger partial charge in [0.25, 0.3) is 0 Å². The van der Waals surface area contributed by atoms with Gasteiger partial charge in [-0.25, -0.2) is 0 Å². The van der Waals surface area contributed by atoms with Crippen LogP contribution in [0.15, 0.2) is 30.3 Å². The number of nitrogens with two attached hydrogens (primary N) is 1. The monoisotopic (exact) mass is 309 g/mol. The Bertz CT molecular complexity index is 448. The van der Waals surface area contributed by atoms with Crippen LogP contribution in [0.4, 0.5) is 0 Å². The molecule has 1 unspecified atom stereocenters. The molecule has 4 nitrogen and oxygen atoms in total. The molecule has 1 aromatic rings. The van der Waals surface area contributed by atoms with Crippen molar-refractivity contribution in [3.63, 3.8) is 0 Å². The van der Waals surface area contributed by atoms with Crippen molar-refractivity contribution in [2.75, 3.05) is 19.4 Å². The van der Waals surface area contributed by atoms with Crippen molar-refractivity contribution in [3.05, 3.63) is 30.3 Å². The Kier molecular flexibility index (Phi) is 5.22. The summed E-state index contributed by atoms with van der Waals surface area (Å²) in [4.78, 5) is 0. The van der Waals surface area contributed by atoms with Gasteiger partial charge < -0.3 is 19.3 Å². The van der Waals surface area contributed by atoms with Gasteiger partial charge in [-0.15, -0.1) is 0 Å². The highest BCUT2D eigenvalue weighted by Gasteiger charge is 2.48. The molecular formula is C16H27NO3Si. The van der Waals surface area contributed by atoms with Crippen LogP contribution in [0, 0.1) is 5.92 Å². The summed E-state index contributed by atoms with van der Waals surface area (Å²) in [6.07, 6.45) is 0.487. The summed E-state index contributed by atoms with van der Waals surface area (Å²) in [5.74, 6) is 0.399. The molecule has 0 aromatic heterocycles. The second-order valence-electron chi connectivity index (χ2n) is 6.43. The van der Waals surface area contributed by atoms with Crippen LogP contribution < -0.4 is 10.9 Å². The van der Waals surface area contributed by atoms with Gasteiger partial charge in [0.2, 0.25) is 0 Å². The van der Waals surface area contributed by atoms with E-state index in [1.165, 1.54) is 0 Å². The van der Waals surface area contributed by atoms with Crippen LogP contribution in [-0.4, -0.2) is 39.6 Å². The highest BCUT2D eigenvalue weighted by atomic mass is 28.4. The number of hydrogen-bond donors (Lipinski definition) is 1. The average Bonchev–Trinajstić information content (AvgIpc) is 2.35. The Balaban J connectivity index is 2.30. The normalized spacial score (nSPS) is 19.3. The Hall–Kier alpha value is -0.723. The van der Waals surface area contributed by atoms with E-state index in [9.17, 15) is 0 Å². The van der Waals surface area contributed by atoms with Gasteiger partial charge in [0.05, 0.1) is 18.8 Å². The zero-order valence-corrected chi connectivity index (χ0v) is 14.5. The third-order valence-corrected chi connectivity index (χ3v) is 7.42. The van der Waals surface area contributed by atoms with Crippen molar-refractivity contribution < 1.29 is 13.6 Å². The quantitative estimate of drug-likeness (QED) is 0.779. The molecule has 1 atom stereocenters. The minimum atomic E-state index is -2.67. The van der Waals surface area contributed by atoms with E-state index in [1.807, 2.05) is 32.0 Å². The molecule has 0 amide bonds. The molecule has 0 spiro atoms. The molecule has 5 heteroatoms. The highest BCUT2D eigenvalue weighted by molar-refractivity contribution is 6.81. The van der Waals surface area contributed by atoms with Crippen molar-refractivity contribution in [1.82, 2.24) is 0 Å². The van der Waals surface area contributed by atoms with Gasteiger partial charge in [-0.05, 0) is 32.9 Å². The van der Waals surface area contributed by atoms with Crippen molar-refractivity contribution in [1.29, 1.82) is 0 Å². The fourth-order valence-corrected chi connectivity index (χ4v) is 5.77. The first-order valence-corrected chi connectivity index (χ1v) is 9.63. The maximum Gasteiger partial charge on any atom is 0.387 e. The molecule has 0 saturated carbocycles. The Morgan fingerprint density at radius 2 is 1.90 bits per heavy atom. The van der Waals surface area contributed by atoms with E-state index in [4.69, 9.17) is 19.3 Å². The van der Waals surface area contributed by atoms with Gasteiger partial charge in [-0.2, -0.15) is 0 Å². The molecule has 0 aliphatic carbocycles. The molecule has 21 heavy (non-hydrogen) atoms. The van der Waals surface area contributed by atoms with E-state index in [-0.39, 0.29) is 11.7 Å². The summed E-state index contributed by atoms with van der Waals surface area (Å²) in [6.45, 7) is 9.79. The first-order chi connectivity index (χ1) is 9.89. The third kappa shape index (κ3) is 3.73. The average molecular weight is 309 g/mol. The van der Waals surface area contributed by atoms with Crippen LogP contribution in [0.2, 0.25) is 0 Å². The minimum Gasteiger partial charge on any atom is -0.388 e. The van der Waals surface area contributed by atoms with Gasteiger partial charge in [-0.1, -0.05) is 30.3 Å². The van der Waals surface area contributed by atoms with E-state index >= 15 is 0 Å². The van der Waals surface area contributed by atoms with Crippen molar-refractivity contribution in [3.8, 4) is 0 Å². The van der Waals surface area contributed by atoms with E-state index < -0.39 is 8.56 Å². The van der Waals surface area contributed by atoms with E-state index in [0.29, 0.717) is 12.1 Å². The zero-order chi connectivity index (χ0) is 15.5. The smallest absolute Gasteiger partial charge is 0.387 e. The lowest BCUT2D eigenvalue weighted by molar-refractivity contribution is -0.129. The lowest BCUT2D eigenvalue weighted by Gasteiger charge is -2.45. The maximum absolute atomic E-state index is 6.59. The molecule has 2 rings (SSSR count). The van der Waals surface area contributed by atoms with Crippen LogP contribution >= 0.6 is 0 Å². The molecule has 1 aliphatic heterocycles. The number of benzene rings is 1. The molecule has 1 fully saturated rings. The fourth-order valence-electron chi connectivity index (χ4n) is 2.58. The van der Waals surface area contributed by atoms with E-state index in [2.05, 4.69) is 26.0 Å². The molecular weight excluding hydrogens is 282 g/mol. The standard InChI is InChI=1S/C16H27NO3Si/c1-13(2)19-21(12-17,15-8-6-5-7-9-15)20-16(3,4)14-10-18-11-14/h5-9,13-14H,10-12,17H2,1-4H3. The van der Waals surface area contributed by atoms with Crippen molar-refractivity contribution in [2.24, 2.45) is 11.7 Å². The second kappa shape index (κ2) is 6.58. The predicted molar refractivity (Wildman–Crippen MR) is 86.6 cm³/mol. The number of hydrogen-bond acceptors (Lipinski definition) is 4. The van der Waals surface area contributed by atoms with Gasteiger partial charge >= 0.3 is 8.56 Å². The van der Waals surface area contributed by atoms with Crippen molar-refractivity contribution in [2.45, 2.75) is 39.4 Å². The summed E-state index contributed by atoms with van der Waals surface area (Å²) >= 11 is 0. The summed E-state index contributed by atoms with van der Waals surface area (Å²) < 4.78 is 18.2. The topological polar surface area (TPSA) is 53.7 Å². The number of rotatable bonds is 7. The van der Waals surface area contributed by atoms with Crippen LogP contribution in [0.5, 0.6) is 0 Å². The van der Waals surface area contributed by atoms with Crippen LogP contribution in [0.1, 0.15) is 27.7 Å². The molecule has 0 radical (unpaired) electrons. The summed E-state index contributed by atoms with van der Waals surface area (Å²) in [7, 11) is -2.67. The predicted octanol–water partition coefficient (Wildman–Crippen LogP) is 1.70. The largest absolute Gasteiger partial charge is 0.388 e. The molecule has 0 bridgehead atoms. The van der Waals surface area contributed by atoms with Crippen LogP contribution in [-0.2, 0) is 13.6 Å². The first-order valence-electron chi connectivity index (χ1n) is 7.61. The summed E-state index contributed by atoms with van der Waals surface area (Å²) in [5, 5.41) is 1.09. The molecule has 118 valence electrons. The highest BCUT2D eigenvalue weighted by Crippen LogP contribution is 2.31. The Morgan fingerprint density at radius 1 is 1.29 bits per heavy atom. The summed E-state index contributed by atoms with van der Waals surface area (Å²) in [6, 6.07) is 10.2.